The second-order valence-corrected chi connectivity index (χ2v) is 6.88. The predicted molar refractivity (Wildman–Crippen MR) is 95.9 cm³/mol. The molecule has 1 aromatic heterocycles. The smallest absolute Gasteiger partial charge is 0.276 e. The zero-order valence-corrected chi connectivity index (χ0v) is 14.6. The highest BCUT2D eigenvalue weighted by molar-refractivity contribution is 7.89. The summed E-state index contributed by atoms with van der Waals surface area (Å²) in [4.78, 5) is 12.2. The van der Waals surface area contributed by atoms with Gasteiger partial charge in [0, 0.05) is 11.9 Å². The van der Waals surface area contributed by atoms with Crippen LogP contribution in [0.5, 0.6) is 5.75 Å². The normalized spacial score (nSPS) is 11.2. The topological polar surface area (TPSA) is 116 Å². The van der Waals surface area contributed by atoms with Crippen LogP contribution in [0.4, 0.5) is 5.69 Å². The highest BCUT2D eigenvalue weighted by Crippen LogP contribution is 2.26. The molecule has 2 aromatic carbocycles. The van der Waals surface area contributed by atoms with Crippen LogP contribution in [-0.4, -0.2) is 31.2 Å². The molecule has 0 spiro atoms. The lowest BCUT2D eigenvalue weighted by molar-refractivity contribution is 0.102. The average molecular weight is 372 g/mol. The van der Waals surface area contributed by atoms with Crippen molar-refractivity contribution in [3.05, 3.63) is 66.5 Å². The SMILES string of the molecule is COc1ccc(NC(=O)c2ccn(-c3ccccc3)n2)cc1S(N)(=O)=O. The third-order valence-electron chi connectivity index (χ3n) is 3.57. The minimum Gasteiger partial charge on any atom is -0.495 e. The Kier molecular flexibility index (Phi) is 4.74. The number of hydrogen-bond donors (Lipinski definition) is 2. The summed E-state index contributed by atoms with van der Waals surface area (Å²) in [5.74, 6) is -0.385. The quantitative estimate of drug-likeness (QED) is 0.708. The molecule has 134 valence electrons. The second kappa shape index (κ2) is 6.98. The molecule has 0 radical (unpaired) electrons. The predicted octanol–water partition coefficient (Wildman–Crippen LogP) is 1.78. The van der Waals surface area contributed by atoms with E-state index in [1.807, 2.05) is 30.3 Å². The minimum atomic E-state index is -4.00. The average Bonchev–Trinajstić information content (AvgIpc) is 3.12. The van der Waals surface area contributed by atoms with E-state index in [0.717, 1.165) is 5.69 Å². The lowest BCUT2D eigenvalue weighted by Crippen LogP contribution is -2.16. The first-order valence-electron chi connectivity index (χ1n) is 7.52. The highest BCUT2D eigenvalue weighted by atomic mass is 32.2. The number of hydrogen-bond acceptors (Lipinski definition) is 5. The molecule has 26 heavy (non-hydrogen) atoms. The van der Waals surface area contributed by atoms with E-state index in [4.69, 9.17) is 9.88 Å². The number of primary sulfonamides is 1. The number of amides is 1. The van der Waals surface area contributed by atoms with Crippen LogP contribution < -0.4 is 15.2 Å². The van der Waals surface area contributed by atoms with Gasteiger partial charge in [0.05, 0.1) is 12.8 Å². The van der Waals surface area contributed by atoms with Gasteiger partial charge in [0.1, 0.15) is 10.6 Å². The molecule has 0 aliphatic carbocycles. The molecule has 1 amide bonds. The molecule has 0 aliphatic rings. The lowest BCUT2D eigenvalue weighted by Gasteiger charge is -2.09. The van der Waals surface area contributed by atoms with Crippen LogP contribution in [0.3, 0.4) is 0 Å². The van der Waals surface area contributed by atoms with Crippen molar-refractivity contribution < 1.29 is 17.9 Å². The van der Waals surface area contributed by atoms with Gasteiger partial charge >= 0.3 is 0 Å². The van der Waals surface area contributed by atoms with Gasteiger partial charge in [-0.2, -0.15) is 5.10 Å². The number of nitrogens with zero attached hydrogens (tertiary/aromatic N) is 2. The van der Waals surface area contributed by atoms with E-state index in [9.17, 15) is 13.2 Å². The summed E-state index contributed by atoms with van der Waals surface area (Å²) in [6.45, 7) is 0. The summed E-state index contributed by atoms with van der Waals surface area (Å²) in [6, 6.07) is 15.1. The number of ether oxygens (including phenoxy) is 1. The molecule has 0 fully saturated rings. The highest BCUT2D eigenvalue weighted by Gasteiger charge is 2.17. The fourth-order valence-electron chi connectivity index (χ4n) is 2.34. The number of methoxy groups -OCH3 is 1. The van der Waals surface area contributed by atoms with Crippen LogP contribution in [-0.2, 0) is 10.0 Å². The Morgan fingerprint density at radius 1 is 1.15 bits per heavy atom. The molecular weight excluding hydrogens is 356 g/mol. The molecule has 0 unspecified atom stereocenters. The summed E-state index contributed by atoms with van der Waals surface area (Å²) in [5.41, 5.74) is 1.25. The summed E-state index contributed by atoms with van der Waals surface area (Å²) < 4.78 is 29.8. The van der Waals surface area contributed by atoms with Crippen molar-refractivity contribution >= 4 is 21.6 Å². The molecular formula is C17H16N4O4S. The van der Waals surface area contributed by atoms with Crippen molar-refractivity contribution in [2.45, 2.75) is 4.90 Å². The number of rotatable bonds is 5. The van der Waals surface area contributed by atoms with Crippen molar-refractivity contribution in [1.82, 2.24) is 9.78 Å². The third kappa shape index (κ3) is 3.73. The fraction of sp³-hybridized carbons (Fsp3) is 0.0588. The maximum Gasteiger partial charge on any atom is 0.276 e. The van der Waals surface area contributed by atoms with Gasteiger partial charge in [-0.15, -0.1) is 0 Å². The van der Waals surface area contributed by atoms with Crippen molar-refractivity contribution in [3.63, 3.8) is 0 Å². The van der Waals surface area contributed by atoms with Crippen LogP contribution in [0.2, 0.25) is 0 Å². The minimum absolute atomic E-state index is 0.0962. The molecule has 9 heteroatoms. The molecule has 0 bridgehead atoms. The number of benzene rings is 2. The number of para-hydroxylation sites is 1. The molecule has 3 N–H and O–H groups in total. The van der Waals surface area contributed by atoms with Crippen molar-refractivity contribution in [1.29, 1.82) is 0 Å². The molecule has 0 atom stereocenters. The maximum atomic E-state index is 12.4. The number of anilines is 1. The van der Waals surface area contributed by atoms with Gasteiger partial charge in [0.25, 0.3) is 5.91 Å². The summed E-state index contributed by atoms with van der Waals surface area (Å²) >= 11 is 0. The van der Waals surface area contributed by atoms with Gasteiger partial charge in [-0.1, -0.05) is 18.2 Å². The van der Waals surface area contributed by atoms with Gasteiger partial charge in [0.15, 0.2) is 5.69 Å². The van der Waals surface area contributed by atoms with Gasteiger partial charge in [-0.25, -0.2) is 18.2 Å². The van der Waals surface area contributed by atoms with E-state index in [2.05, 4.69) is 10.4 Å². The zero-order valence-electron chi connectivity index (χ0n) is 13.8. The second-order valence-electron chi connectivity index (χ2n) is 5.35. The molecule has 3 rings (SSSR count). The Balaban J connectivity index is 1.84. The Morgan fingerprint density at radius 2 is 1.88 bits per heavy atom. The third-order valence-corrected chi connectivity index (χ3v) is 4.50. The number of aromatic nitrogens is 2. The molecule has 0 saturated carbocycles. The van der Waals surface area contributed by atoms with Crippen LogP contribution in [0.15, 0.2) is 65.7 Å². The van der Waals surface area contributed by atoms with Crippen LogP contribution in [0, 0.1) is 0 Å². The molecule has 8 nitrogen and oxygen atoms in total. The zero-order chi connectivity index (χ0) is 18.7. The largest absolute Gasteiger partial charge is 0.495 e. The number of nitrogens with one attached hydrogen (secondary N) is 1. The van der Waals surface area contributed by atoms with Gasteiger partial charge in [-0.05, 0) is 36.4 Å². The van der Waals surface area contributed by atoms with E-state index >= 15 is 0 Å². The van der Waals surface area contributed by atoms with E-state index in [0.29, 0.717) is 0 Å². The van der Waals surface area contributed by atoms with Gasteiger partial charge in [0.2, 0.25) is 10.0 Å². The first-order chi connectivity index (χ1) is 12.4. The first-order valence-corrected chi connectivity index (χ1v) is 9.06. The summed E-state index contributed by atoms with van der Waals surface area (Å²) in [5, 5.41) is 12.0. The Hall–Kier alpha value is -3.17. The maximum absolute atomic E-state index is 12.4. The standard InChI is InChI=1S/C17H16N4O4S/c1-25-15-8-7-12(11-16(15)26(18,23)24)19-17(22)14-9-10-21(20-14)13-5-3-2-4-6-13/h2-11H,1H3,(H,19,22)(H2,18,23,24). The first kappa shape index (κ1) is 17.6. The van der Waals surface area contributed by atoms with Gasteiger partial charge < -0.3 is 10.1 Å². The summed E-state index contributed by atoms with van der Waals surface area (Å²) in [7, 11) is -2.66. The number of carbonyl (C=O) groups is 1. The number of sulfonamides is 1. The Bertz CT molecular complexity index is 1050. The molecule has 0 aliphatic heterocycles. The van der Waals surface area contributed by atoms with E-state index in [-0.39, 0.29) is 22.0 Å². The lowest BCUT2D eigenvalue weighted by atomic mass is 10.3. The van der Waals surface area contributed by atoms with Crippen LogP contribution in [0.1, 0.15) is 10.5 Å². The summed E-state index contributed by atoms with van der Waals surface area (Å²) in [6.07, 6.45) is 1.66. The van der Waals surface area contributed by atoms with Crippen LogP contribution in [0.25, 0.3) is 5.69 Å². The Morgan fingerprint density at radius 3 is 2.54 bits per heavy atom. The van der Waals surface area contributed by atoms with E-state index in [1.54, 1.807) is 16.9 Å². The number of carbonyl (C=O) groups excluding carboxylic acids is 1. The van der Waals surface area contributed by atoms with Gasteiger partial charge in [-0.3, -0.25) is 4.79 Å². The van der Waals surface area contributed by atoms with Crippen LogP contribution >= 0.6 is 0 Å². The Labute approximate surface area is 150 Å². The van der Waals surface area contributed by atoms with Crippen molar-refractivity contribution in [2.24, 2.45) is 5.14 Å². The molecule has 0 saturated heterocycles. The van der Waals surface area contributed by atoms with Crippen molar-refractivity contribution in [3.8, 4) is 11.4 Å². The molecule has 1 heterocycles. The number of nitrogens with two attached hydrogens (primary N) is 1. The van der Waals surface area contributed by atoms with E-state index < -0.39 is 15.9 Å². The van der Waals surface area contributed by atoms with E-state index in [1.165, 1.54) is 25.3 Å². The molecule has 3 aromatic rings. The van der Waals surface area contributed by atoms with Crippen molar-refractivity contribution in [2.75, 3.05) is 12.4 Å². The monoisotopic (exact) mass is 372 g/mol. The fourth-order valence-corrected chi connectivity index (χ4v) is 3.06.